The van der Waals surface area contributed by atoms with Crippen LogP contribution in [0.15, 0.2) is 60.0 Å². The summed E-state index contributed by atoms with van der Waals surface area (Å²) < 4.78 is 28.6. The SMILES string of the molecule is Cc1nnc(CNC(=O)c2ccc(NS(=O)(=O)/C=C/c3ccccc3)cc2)n1C. The number of amides is 1. The fraction of sp³-hybridized carbons (Fsp3) is 0.150. The van der Waals surface area contributed by atoms with Gasteiger partial charge >= 0.3 is 0 Å². The number of hydrogen-bond donors (Lipinski definition) is 2. The molecule has 150 valence electrons. The predicted octanol–water partition coefficient (Wildman–Crippen LogP) is 2.47. The van der Waals surface area contributed by atoms with Crippen LogP contribution in [0.3, 0.4) is 0 Å². The molecule has 0 aliphatic rings. The van der Waals surface area contributed by atoms with E-state index in [4.69, 9.17) is 0 Å². The number of rotatable bonds is 7. The number of carbonyl (C=O) groups is 1. The first-order chi connectivity index (χ1) is 13.8. The third kappa shape index (κ3) is 5.52. The number of nitrogens with one attached hydrogen (secondary N) is 2. The van der Waals surface area contributed by atoms with Crippen LogP contribution in [0.25, 0.3) is 6.08 Å². The van der Waals surface area contributed by atoms with Gasteiger partial charge in [0.1, 0.15) is 5.82 Å². The molecular weight excluding hydrogens is 390 g/mol. The van der Waals surface area contributed by atoms with Gasteiger partial charge in [0, 0.05) is 18.3 Å². The van der Waals surface area contributed by atoms with Gasteiger partial charge in [-0.15, -0.1) is 10.2 Å². The summed E-state index contributed by atoms with van der Waals surface area (Å²) >= 11 is 0. The maximum Gasteiger partial charge on any atom is 0.255 e. The van der Waals surface area contributed by atoms with Gasteiger partial charge in [0.15, 0.2) is 5.82 Å². The lowest BCUT2D eigenvalue weighted by Gasteiger charge is -2.07. The van der Waals surface area contributed by atoms with Gasteiger partial charge < -0.3 is 9.88 Å². The van der Waals surface area contributed by atoms with Crippen LogP contribution in [0, 0.1) is 6.92 Å². The van der Waals surface area contributed by atoms with Gasteiger partial charge in [0.05, 0.1) is 12.0 Å². The second kappa shape index (κ2) is 8.70. The smallest absolute Gasteiger partial charge is 0.255 e. The molecule has 1 aromatic heterocycles. The van der Waals surface area contributed by atoms with Crippen molar-refractivity contribution in [1.82, 2.24) is 20.1 Å². The lowest BCUT2D eigenvalue weighted by molar-refractivity contribution is 0.0949. The highest BCUT2D eigenvalue weighted by Crippen LogP contribution is 2.13. The number of aryl methyl sites for hydroxylation is 1. The summed E-state index contributed by atoms with van der Waals surface area (Å²) in [6.45, 7) is 2.07. The molecule has 1 heterocycles. The van der Waals surface area contributed by atoms with Gasteiger partial charge in [-0.2, -0.15) is 0 Å². The number of benzene rings is 2. The summed E-state index contributed by atoms with van der Waals surface area (Å²) in [7, 11) is -1.84. The molecule has 0 saturated carbocycles. The van der Waals surface area contributed by atoms with Crippen molar-refractivity contribution in [1.29, 1.82) is 0 Å². The van der Waals surface area contributed by atoms with Crippen molar-refractivity contribution >= 4 is 27.7 Å². The van der Waals surface area contributed by atoms with Crippen molar-refractivity contribution in [3.63, 3.8) is 0 Å². The quantitative estimate of drug-likeness (QED) is 0.621. The number of aromatic nitrogens is 3. The van der Waals surface area contributed by atoms with Gasteiger partial charge in [0.2, 0.25) is 0 Å². The Morgan fingerprint density at radius 3 is 2.38 bits per heavy atom. The minimum Gasteiger partial charge on any atom is -0.345 e. The molecule has 0 unspecified atom stereocenters. The first-order valence-electron chi connectivity index (χ1n) is 8.83. The van der Waals surface area contributed by atoms with E-state index in [-0.39, 0.29) is 12.5 Å². The second-order valence-corrected chi connectivity index (χ2v) is 7.91. The zero-order valence-electron chi connectivity index (χ0n) is 16.0. The molecule has 0 fully saturated rings. The Kier molecular flexibility index (Phi) is 6.08. The maximum atomic E-state index is 12.3. The molecule has 0 spiro atoms. The minimum absolute atomic E-state index is 0.245. The Balaban J connectivity index is 1.59. The number of carbonyl (C=O) groups excluding carboxylic acids is 1. The number of sulfonamides is 1. The highest BCUT2D eigenvalue weighted by atomic mass is 32.2. The molecule has 0 aliphatic heterocycles. The van der Waals surface area contributed by atoms with Crippen molar-refractivity contribution in [2.75, 3.05) is 4.72 Å². The normalized spacial score (nSPS) is 11.5. The fourth-order valence-electron chi connectivity index (χ4n) is 2.49. The van der Waals surface area contributed by atoms with E-state index in [9.17, 15) is 13.2 Å². The summed E-state index contributed by atoms with van der Waals surface area (Å²) in [4.78, 5) is 12.3. The molecule has 1 amide bonds. The van der Waals surface area contributed by atoms with Crippen molar-refractivity contribution < 1.29 is 13.2 Å². The molecule has 3 rings (SSSR count). The summed E-state index contributed by atoms with van der Waals surface area (Å²) in [5, 5.41) is 11.8. The van der Waals surface area contributed by atoms with Gasteiger partial charge in [-0.25, -0.2) is 8.42 Å². The van der Waals surface area contributed by atoms with Gasteiger partial charge in [0.25, 0.3) is 15.9 Å². The first kappa shape index (κ1) is 20.3. The molecular formula is C20H21N5O3S. The third-order valence-corrected chi connectivity index (χ3v) is 5.25. The number of anilines is 1. The highest BCUT2D eigenvalue weighted by molar-refractivity contribution is 7.95. The summed E-state index contributed by atoms with van der Waals surface area (Å²) in [5.74, 6) is 1.11. The Hall–Kier alpha value is -3.46. The number of nitrogens with zero attached hydrogens (tertiary/aromatic N) is 3. The molecule has 2 aromatic carbocycles. The van der Waals surface area contributed by atoms with Crippen LogP contribution >= 0.6 is 0 Å². The Morgan fingerprint density at radius 1 is 1.07 bits per heavy atom. The van der Waals surface area contributed by atoms with Gasteiger partial charge in [-0.3, -0.25) is 9.52 Å². The Labute approximate surface area is 169 Å². The highest BCUT2D eigenvalue weighted by Gasteiger charge is 2.10. The van der Waals surface area contributed by atoms with Crippen LogP contribution in [0.1, 0.15) is 27.6 Å². The van der Waals surface area contributed by atoms with Crippen LogP contribution in [-0.2, 0) is 23.6 Å². The fourth-order valence-corrected chi connectivity index (χ4v) is 3.36. The molecule has 9 heteroatoms. The van der Waals surface area contributed by atoms with Crippen LogP contribution in [-0.4, -0.2) is 29.1 Å². The predicted molar refractivity (Wildman–Crippen MR) is 111 cm³/mol. The van der Waals surface area contributed by atoms with Crippen LogP contribution in [0.5, 0.6) is 0 Å². The van der Waals surface area contributed by atoms with Crippen LogP contribution in [0.4, 0.5) is 5.69 Å². The standard InChI is InChI=1S/C20H21N5O3S/c1-15-22-23-19(25(15)2)14-21-20(26)17-8-10-18(11-9-17)24-29(27,28)13-12-16-6-4-3-5-7-16/h3-13,24H,14H2,1-2H3,(H,21,26)/b13-12+. The average molecular weight is 411 g/mol. The van der Waals surface area contributed by atoms with Crippen molar-refractivity contribution in [3.05, 3.63) is 82.8 Å². The van der Waals surface area contributed by atoms with Crippen LogP contribution in [0.2, 0.25) is 0 Å². The molecule has 8 nitrogen and oxygen atoms in total. The first-order valence-corrected chi connectivity index (χ1v) is 10.4. The average Bonchev–Trinajstić information content (AvgIpc) is 3.04. The minimum atomic E-state index is -3.66. The van der Waals surface area contributed by atoms with E-state index in [1.54, 1.807) is 16.7 Å². The number of hydrogen-bond acceptors (Lipinski definition) is 5. The van der Waals surface area contributed by atoms with Gasteiger partial charge in [-0.05, 0) is 42.8 Å². The summed E-state index contributed by atoms with van der Waals surface area (Å²) in [6, 6.07) is 15.3. The topological polar surface area (TPSA) is 106 Å². The van der Waals surface area contributed by atoms with E-state index in [2.05, 4.69) is 20.2 Å². The van der Waals surface area contributed by atoms with Crippen molar-refractivity contribution in [2.24, 2.45) is 7.05 Å². The zero-order valence-corrected chi connectivity index (χ0v) is 16.8. The molecule has 0 atom stereocenters. The Bertz CT molecular complexity index is 1120. The second-order valence-electron chi connectivity index (χ2n) is 6.34. The van der Waals surface area contributed by atoms with E-state index < -0.39 is 10.0 Å². The van der Waals surface area contributed by atoms with E-state index in [1.165, 1.54) is 18.2 Å². The van der Waals surface area contributed by atoms with Gasteiger partial charge in [-0.1, -0.05) is 30.3 Å². The maximum absolute atomic E-state index is 12.3. The van der Waals surface area contributed by atoms with E-state index in [0.717, 1.165) is 16.8 Å². The van der Waals surface area contributed by atoms with Crippen molar-refractivity contribution in [2.45, 2.75) is 13.5 Å². The van der Waals surface area contributed by atoms with Crippen molar-refractivity contribution in [3.8, 4) is 0 Å². The lowest BCUT2D eigenvalue weighted by Crippen LogP contribution is -2.24. The molecule has 0 bridgehead atoms. The zero-order chi connectivity index (χ0) is 20.9. The van der Waals surface area contributed by atoms with E-state index >= 15 is 0 Å². The summed E-state index contributed by atoms with van der Waals surface area (Å²) in [5.41, 5.74) is 1.55. The Morgan fingerprint density at radius 2 is 1.76 bits per heavy atom. The molecule has 2 N–H and O–H groups in total. The largest absolute Gasteiger partial charge is 0.345 e. The molecule has 0 aliphatic carbocycles. The third-order valence-electron chi connectivity index (χ3n) is 4.24. The molecule has 3 aromatic rings. The summed E-state index contributed by atoms with van der Waals surface area (Å²) in [6.07, 6.45) is 1.51. The molecule has 0 radical (unpaired) electrons. The molecule has 0 saturated heterocycles. The molecule has 29 heavy (non-hydrogen) atoms. The van der Waals surface area contributed by atoms with E-state index in [1.807, 2.05) is 44.3 Å². The lowest BCUT2D eigenvalue weighted by atomic mass is 10.2. The monoisotopic (exact) mass is 411 g/mol. The van der Waals surface area contributed by atoms with Crippen LogP contribution < -0.4 is 10.0 Å². The van der Waals surface area contributed by atoms with E-state index in [0.29, 0.717) is 17.1 Å².